The van der Waals surface area contributed by atoms with E-state index >= 15 is 0 Å². The molecular weight excluding hydrogens is 703 g/mol. The Balaban J connectivity index is 0.957. The van der Waals surface area contributed by atoms with Crippen molar-refractivity contribution in [2.24, 2.45) is 0 Å². The van der Waals surface area contributed by atoms with Crippen LogP contribution in [-0.2, 0) is 0 Å². The summed E-state index contributed by atoms with van der Waals surface area (Å²) in [6, 6.07) is 79.1. The van der Waals surface area contributed by atoms with Gasteiger partial charge in [0.25, 0.3) is 0 Å². The summed E-state index contributed by atoms with van der Waals surface area (Å²) < 4.78 is 0. The van der Waals surface area contributed by atoms with E-state index in [9.17, 15) is 0 Å². The minimum atomic E-state index is 0.640. The lowest BCUT2D eigenvalue weighted by Crippen LogP contribution is -2.00. The van der Waals surface area contributed by atoms with E-state index in [2.05, 4.69) is 164 Å². The number of hydrogen-bond acceptors (Lipinski definition) is 3. The summed E-state index contributed by atoms with van der Waals surface area (Å²) in [6.07, 6.45) is 0. The number of aromatic nitrogens is 3. The summed E-state index contributed by atoms with van der Waals surface area (Å²) in [4.78, 5) is 14.8. The van der Waals surface area contributed by atoms with Gasteiger partial charge in [-0.3, -0.25) is 0 Å². The van der Waals surface area contributed by atoms with Crippen LogP contribution in [0, 0.1) is 0 Å². The number of rotatable bonds is 8. The fraction of sp³-hybridized carbons (Fsp3) is 0. The highest BCUT2D eigenvalue weighted by Crippen LogP contribution is 2.35. The zero-order valence-corrected chi connectivity index (χ0v) is 31.7. The molecule has 0 radical (unpaired) electrons. The van der Waals surface area contributed by atoms with Crippen molar-refractivity contribution in [1.29, 1.82) is 0 Å². The van der Waals surface area contributed by atoms with Crippen LogP contribution in [0.15, 0.2) is 224 Å². The Bertz CT molecular complexity index is 3000. The van der Waals surface area contributed by atoms with Gasteiger partial charge in [-0.2, -0.15) is 0 Å². The molecule has 0 aliphatic carbocycles. The van der Waals surface area contributed by atoms with Crippen LogP contribution < -0.4 is 0 Å². The highest BCUT2D eigenvalue weighted by Gasteiger charge is 2.14. The van der Waals surface area contributed by atoms with Gasteiger partial charge in [-0.25, -0.2) is 15.0 Å². The largest absolute Gasteiger partial charge is 0.208 e. The first-order valence-corrected chi connectivity index (χ1v) is 19.6. The fourth-order valence-corrected chi connectivity index (χ4v) is 7.75. The molecule has 3 heteroatoms. The number of benzene rings is 9. The predicted octanol–water partition coefficient (Wildman–Crippen LogP) is 14.4. The number of hydrogen-bond donors (Lipinski definition) is 0. The average Bonchev–Trinajstić information content (AvgIpc) is 3.32. The van der Waals surface area contributed by atoms with E-state index in [1.165, 1.54) is 44.2 Å². The molecule has 0 atom stereocenters. The third-order valence-corrected chi connectivity index (χ3v) is 10.7. The van der Waals surface area contributed by atoms with Crippen LogP contribution in [0.4, 0.5) is 0 Å². The minimum Gasteiger partial charge on any atom is -0.208 e. The molecule has 0 aliphatic rings. The normalized spacial score (nSPS) is 11.1. The lowest BCUT2D eigenvalue weighted by molar-refractivity contribution is 1.07. The first-order chi connectivity index (χ1) is 28.7. The smallest absolute Gasteiger partial charge is 0.164 e. The minimum absolute atomic E-state index is 0.640. The molecule has 9 aromatic carbocycles. The fourth-order valence-electron chi connectivity index (χ4n) is 7.75. The van der Waals surface area contributed by atoms with Gasteiger partial charge in [0.2, 0.25) is 0 Å². The average molecular weight is 740 g/mol. The molecule has 0 saturated carbocycles. The van der Waals surface area contributed by atoms with Crippen molar-refractivity contribution in [3.8, 4) is 89.8 Å². The molecular formula is C55H37N3. The van der Waals surface area contributed by atoms with Gasteiger partial charge >= 0.3 is 0 Å². The van der Waals surface area contributed by atoms with Crippen LogP contribution in [0.25, 0.3) is 101 Å². The third-order valence-electron chi connectivity index (χ3n) is 10.7. The molecule has 10 rings (SSSR count). The number of nitrogens with zero attached hydrogens (tertiary/aromatic N) is 3. The van der Waals surface area contributed by atoms with Crippen molar-refractivity contribution >= 4 is 10.8 Å². The van der Waals surface area contributed by atoms with E-state index in [1.54, 1.807) is 0 Å². The summed E-state index contributed by atoms with van der Waals surface area (Å²) in [5, 5.41) is 2.52. The number of fused-ring (bicyclic) bond motifs is 1. The van der Waals surface area contributed by atoms with Crippen molar-refractivity contribution in [3.63, 3.8) is 0 Å². The van der Waals surface area contributed by atoms with Crippen molar-refractivity contribution in [2.45, 2.75) is 0 Å². The van der Waals surface area contributed by atoms with Gasteiger partial charge in [0.15, 0.2) is 17.5 Å². The van der Waals surface area contributed by atoms with Crippen molar-refractivity contribution in [1.82, 2.24) is 15.0 Å². The summed E-state index contributed by atoms with van der Waals surface area (Å²) in [7, 11) is 0. The van der Waals surface area contributed by atoms with Crippen molar-refractivity contribution < 1.29 is 0 Å². The van der Waals surface area contributed by atoms with Gasteiger partial charge in [0, 0.05) is 16.7 Å². The molecule has 0 saturated heterocycles. The van der Waals surface area contributed by atoms with Crippen LogP contribution in [0.3, 0.4) is 0 Å². The van der Waals surface area contributed by atoms with Gasteiger partial charge in [0.1, 0.15) is 0 Å². The second kappa shape index (κ2) is 15.4. The van der Waals surface area contributed by atoms with E-state index < -0.39 is 0 Å². The van der Waals surface area contributed by atoms with E-state index in [1.807, 2.05) is 60.7 Å². The topological polar surface area (TPSA) is 38.7 Å². The van der Waals surface area contributed by atoms with Gasteiger partial charge in [-0.1, -0.05) is 194 Å². The van der Waals surface area contributed by atoms with Crippen LogP contribution in [0.2, 0.25) is 0 Å². The molecule has 1 heterocycles. The van der Waals surface area contributed by atoms with Gasteiger partial charge < -0.3 is 0 Å². The van der Waals surface area contributed by atoms with Gasteiger partial charge in [-0.15, -0.1) is 0 Å². The Hall–Kier alpha value is -7.75. The van der Waals surface area contributed by atoms with Gasteiger partial charge in [-0.05, 0) is 96.7 Å². The summed E-state index contributed by atoms with van der Waals surface area (Å²) in [5.74, 6) is 1.94. The van der Waals surface area contributed by atoms with Crippen molar-refractivity contribution in [3.05, 3.63) is 224 Å². The molecule has 0 fully saturated rings. The zero-order valence-electron chi connectivity index (χ0n) is 31.7. The zero-order chi connectivity index (χ0) is 38.7. The second-order valence-corrected chi connectivity index (χ2v) is 14.5. The molecule has 58 heavy (non-hydrogen) atoms. The molecule has 10 aromatic rings. The lowest BCUT2D eigenvalue weighted by atomic mass is 9.93. The summed E-state index contributed by atoms with van der Waals surface area (Å²) in [6.45, 7) is 0. The van der Waals surface area contributed by atoms with Gasteiger partial charge in [0.05, 0.1) is 0 Å². The Morgan fingerprint density at radius 3 is 0.966 bits per heavy atom. The second-order valence-electron chi connectivity index (χ2n) is 14.5. The highest BCUT2D eigenvalue weighted by atomic mass is 15.0. The standard InChI is InChI=1S/C55H37N3/c1-3-16-39(17-4-1)53-56-54(40-18-5-2-6-19-40)58-55(57-53)50-30-13-28-48(37-50)46-26-11-24-44(35-46)42-22-9-21-41(33-42)43-23-10-25-45(34-43)47-27-12-29-49(36-47)52-32-14-20-38-15-7-8-31-51(38)52/h1-37H. The highest BCUT2D eigenvalue weighted by molar-refractivity contribution is 5.97. The quantitative estimate of drug-likeness (QED) is 0.156. The first-order valence-electron chi connectivity index (χ1n) is 19.6. The Labute approximate surface area is 338 Å². The predicted molar refractivity (Wildman–Crippen MR) is 241 cm³/mol. The monoisotopic (exact) mass is 739 g/mol. The molecule has 0 N–H and O–H groups in total. The first kappa shape index (κ1) is 34.7. The molecule has 0 bridgehead atoms. The SMILES string of the molecule is c1ccc(-c2nc(-c3ccccc3)nc(-c3cccc(-c4cccc(-c5cccc(-c6cccc(-c7cccc(-c8cccc9ccccc89)c7)c6)c5)c4)c3)n2)cc1. The third kappa shape index (κ3) is 7.09. The van der Waals surface area contributed by atoms with E-state index in [4.69, 9.17) is 15.0 Å². The molecule has 1 aromatic heterocycles. The lowest BCUT2D eigenvalue weighted by Gasteiger charge is -2.12. The van der Waals surface area contributed by atoms with E-state index in [0.29, 0.717) is 17.5 Å². The molecule has 272 valence electrons. The molecule has 0 amide bonds. The maximum atomic E-state index is 4.97. The van der Waals surface area contributed by atoms with E-state index in [0.717, 1.165) is 38.9 Å². The maximum absolute atomic E-state index is 4.97. The molecule has 0 aliphatic heterocycles. The van der Waals surface area contributed by atoms with Crippen LogP contribution in [0.5, 0.6) is 0 Å². The van der Waals surface area contributed by atoms with Crippen LogP contribution in [0.1, 0.15) is 0 Å². The van der Waals surface area contributed by atoms with Crippen molar-refractivity contribution in [2.75, 3.05) is 0 Å². The van der Waals surface area contributed by atoms with Crippen LogP contribution in [-0.4, -0.2) is 15.0 Å². The Morgan fingerprint density at radius 2 is 0.500 bits per heavy atom. The molecule has 0 unspecified atom stereocenters. The maximum Gasteiger partial charge on any atom is 0.164 e. The van der Waals surface area contributed by atoms with Crippen LogP contribution >= 0.6 is 0 Å². The van der Waals surface area contributed by atoms with E-state index in [-0.39, 0.29) is 0 Å². The summed E-state index contributed by atoms with van der Waals surface area (Å²) >= 11 is 0. The Morgan fingerprint density at radius 1 is 0.207 bits per heavy atom. The Kier molecular flexibility index (Phi) is 9.23. The molecule has 0 spiro atoms. The molecule has 3 nitrogen and oxygen atoms in total. The summed E-state index contributed by atoms with van der Waals surface area (Å²) in [5.41, 5.74) is 14.6.